The van der Waals surface area contributed by atoms with E-state index in [1.165, 1.54) is 0 Å². The number of benzene rings is 1. The van der Waals surface area contributed by atoms with E-state index >= 15 is 0 Å². The number of aliphatic hydroxyl groups is 1. The fourth-order valence-electron chi connectivity index (χ4n) is 2.14. The Bertz CT molecular complexity index is 606. The lowest BCUT2D eigenvalue weighted by molar-refractivity contribution is 0.275. The van der Waals surface area contributed by atoms with E-state index in [-0.39, 0.29) is 11.7 Å². The molecule has 0 fully saturated rings. The minimum Gasteiger partial charge on any atom is -0.395 e. The first-order valence-electron chi connectivity index (χ1n) is 6.20. The van der Waals surface area contributed by atoms with E-state index in [9.17, 15) is 5.11 Å². The molecule has 0 radical (unpaired) electrons. The number of anilines is 1. The SMILES string of the molecule is CC(C)c1nc2cc(NC(N)=S)ccc2n1CCO. The van der Waals surface area contributed by atoms with Crippen molar-refractivity contribution in [3.05, 3.63) is 24.0 Å². The molecule has 1 aromatic heterocycles. The monoisotopic (exact) mass is 278 g/mol. The molecular formula is C13H18N4OS. The third-order valence-electron chi connectivity index (χ3n) is 2.89. The van der Waals surface area contributed by atoms with Gasteiger partial charge in [0, 0.05) is 18.2 Å². The molecule has 0 saturated carbocycles. The second kappa shape index (κ2) is 5.54. The molecule has 0 amide bonds. The van der Waals surface area contributed by atoms with Crippen molar-refractivity contribution in [3.63, 3.8) is 0 Å². The fourth-order valence-corrected chi connectivity index (χ4v) is 2.26. The number of thiocarbonyl (C=S) groups is 1. The maximum Gasteiger partial charge on any atom is 0.168 e. The van der Waals surface area contributed by atoms with Crippen LogP contribution in [0, 0.1) is 0 Å². The zero-order chi connectivity index (χ0) is 14.0. The summed E-state index contributed by atoms with van der Waals surface area (Å²) in [7, 11) is 0. The van der Waals surface area contributed by atoms with Gasteiger partial charge >= 0.3 is 0 Å². The molecule has 6 heteroatoms. The first kappa shape index (κ1) is 13.8. The van der Waals surface area contributed by atoms with Crippen molar-refractivity contribution in [2.24, 2.45) is 5.73 Å². The Morgan fingerprint density at radius 1 is 1.53 bits per heavy atom. The van der Waals surface area contributed by atoms with Crippen LogP contribution in [0.2, 0.25) is 0 Å². The summed E-state index contributed by atoms with van der Waals surface area (Å²) in [5, 5.41) is 12.3. The molecule has 102 valence electrons. The van der Waals surface area contributed by atoms with Gasteiger partial charge < -0.3 is 20.7 Å². The summed E-state index contributed by atoms with van der Waals surface area (Å²) in [4.78, 5) is 4.63. The van der Waals surface area contributed by atoms with Crippen LogP contribution in [0.1, 0.15) is 25.6 Å². The lowest BCUT2D eigenvalue weighted by Crippen LogP contribution is -2.18. The van der Waals surface area contributed by atoms with Gasteiger partial charge in [-0.1, -0.05) is 13.8 Å². The Balaban J connectivity index is 2.52. The fraction of sp³-hybridized carbons (Fsp3) is 0.385. The largest absolute Gasteiger partial charge is 0.395 e. The second-order valence-electron chi connectivity index (χ2n) is 4.69. The van der Waals surface area contributed by atoms with E-state index in [0.29, 0.717) is 12.5 Å². The molecule has 4 N–H and O–H groups in total. The summed E-state index contributed by atoms with van der Waals surface area (Å²) in [5.41, 5.74) is 8.16. The highest BCUT2D eigenvalue weighted by Gasteiger charge is 2.13. The summed E-state index contributed by atoms with van der Waals surface area (Å²) in [5.74, 6) is 1.27. The summed E-state index contributed by atoms with van der Waals surface area (Å²) in [6.07, 6.45) is 0. The Morgan fingerprint density at radius 3 is 2.84 bits per heavy atom. The second-order valence-corrected chi connectivity index (χ2v) is 5.13. The van der Waals surface area contributed by atoms with Gasteiger partial charge in [0.1, 0.15) is 5.82 Å². The lowest BCUT2D eigenvalue weighted by Gasteiger charge is -2.09. The van der Waals surface area contributed by atoms with Crippen molar-refractivity contribution < 1.29 is 5.11 Å². The van der Waals surface area contributed by atoms with E-state index in [2.05, 4.69) is 24.1 Å². The molecule has 2 aromatic rings. The number of hydrogen-bond donors (Lipinski definition) is 3. The highest BCUT2D eigenvalue weighted by atomic mass is 32.1. The van der Waals surface area contributed by atoms with Gasteiger partial charge in [-0.15, -0.1) is 0 Å². The van der Waals surface area contributed by atoms with Gasteiger partial charge in [-0.25, -0.2) is 4.98 Å². The third-order valence-corrected chi connectivity index (χ3v) is 2.99. The number of fused-ring (bicyclic) bond motifs is 1. The predicted molar refractivity (Wildman–Crippen MR) is 81.3 cm³/mol. The molecule has 2 rings (SSSR count). The maximum atomic E-state index is 9.18. The summed E-state index contributed by atoms with van der Waals surface area (Å²) < 4.78 is 2.05. The quantitative estimate of drug-likeness (QED) is 0.744. The Kier molecular flexibility index (Phi) is 4.01. The average Bonchev–Trinajstić information content (AvgIpc) is 2.67. The van der Waals surface area contributed by atoms with Gasteiger partial charge in [-0.3, -0.25) is 0 Å². The van der Waals surface area contributed by atoms with Gasteiger partial charge in [0.2, 0.25) is 0 Å². The van der Waals surface area contributed by atoms with E-state index in [4.69, 9.17) is 18.0 Å². The highest BCUT2D eigenvalue weighted by Crippen LogP contribution is 2.24. The van der Waals surface area contributed by atoms with E-state index < -0.39 is 0 Å². The zero-order valence-electron chi connectivity index (χ0n) is 11.1. The van der Waals surface area contributed by atoms with Gasteiger partial charge in [0.25, 0.3) is 0 Å². The minimum atomic E-state index is 0.0953. The van der Waals surface area contributed by atoms with Crippen molar-refractivity contribution in [2.75, 3.05) is 11.9 Å². The molecule has 1 aromatic carbocycles. The highest BCUT2D eigenvalue weighted by molar-refractivity contribution is 7.80. The number of nitrogens with two attached hydrogens (primary N) is 1. The molecule has 5 nitrogen and oxygen atoms in total. The topological polar surface area (TPSA) is 76.1 Å². The molecule has 0 saturated heterocycles. The third kappa shape index (κ3) is 2.85. The lowest BCUT2D eigenvalue weighted by atomic mass is 10.2. The Morgan fingerprint density at radius 2 is 2.26 bits per heavy atom. The smallest absolute Gasteiger partial charge is 0.168 e. The number of rotatable bonds is 4. The number of hydrogen-bond acceptors (Lipinski definition) is 3. The van der Waals surface area contributed by atoms with Crippen LogP contribution < -0.4 is 11.1 Å². The van der Waals surface area contributed by atoms with Crippen LogP contribution in [0.3, 0.4) is 0 Å². The predicted octanol–water partition coefficient (Wildman–Crippen LogP) is 1.81. The maximum absolute atomic E-state index is 9.18. The number of imidazole rings is 1. The number of nitrogens with zero attached hydrogens (tertiary/aromatic N) is 2. The van der Waals surface area contributed by atoms with Gasteiger partial charge in [-0.2, -0.15) is 0 Å². The van der Waals surface area contributed by atoms with Crippen molar-refractivity contribution in [1.29, 1.82) is 0 Å². The van der Waals surface area contributed by atoms with Crippen LogP contribution in [0.5, 0.6) is 0 Å². The van der Waals surface area contributed by atoms with Crippen LogP contribution in [0.4, 0.5) is 5.69 Å². The van der Waals surface area contributed by atoms with Crippen molar-refractivity contribution >= 4 is 34.1 Å². The first-order valence-corrected chi connectivity index (χ1v) is 6.61. The van der Waals surface area contributed by atoms with Crippen LogP contribution in [-0.2, 0) is 6.54 Å². The van der Waals surface area contributed by atoms with Crippen molar-refractivity contribution in [2.45, 2.75) is 26.3 Å². The molecule has 0 bridgehead atoms. The molecule has 19 heavy (non-hydrogen) atoms. The number of aliphatic hydroxyl groups excluding tert-OH is 1. The molecule has 0 spiro atoms. The van der Waals surface area contributed by atoms with Crippen molar-refractivity contribution in [3.8, 4) is 0 Å². The average molecular weight is 278 g/mol. The van der Waals surface area contributed by atoms with Crippen LogP contribution in [0.15, 0.2) is 18.2 Å². The zero-order valence-corrected chi connectivity index (χ0v) is 11.9. The van der Waals surface area contributed by atoms with Crippen LogP contribution in [0.25, 0.3) is 11.0 Å². The van der Waals surface area contributed by atoms with Crippen LogP contribution in [-0.4, -0.2) is 26.4 Å². The van der Waals surface area contributed by atoms with E-state index in [0.717, 1.165) is 22.5 Å². The van der Waals surface area contributed by atoms with Crippen LogP contribution >= 0.6 is 12.2 Å². The standard InChI is InChI=1S/C13H18N4OS/c1-8(2)12-16-10-7-9(15-13(14)19)3-4-11(10)17(12)5-6-18/h3-4,7-8,18H,5-6H2,1-2H3,(H3,14,15,19). The molecule has 0 aliphatic carbocycles. The first-order chi connectivity index (χ1) is 9.02. The summed E-state index contributed by atoms with van der Waals surface area (Å²) in [6.45, 7) is 4.82. The number of nitrogens with one attached hydrogen (secondary N) is 1. The van der Waals surface area contributed by atoms with Gasteiger partial charge in [-0.05, 0) is 30.4 Å². The van der Waals surface area contributed by atoms with Gasteiger partial charge in [0.05, 0.1) is 17.6 Å². The molecule has 0 aliphatic heterocycles. The number of aromatic nitrogens is 2. The Labute approximate surface area is 117 Å². The summed E-state index contributed by atoms with van der Waals surface area (Å²) in [6, 6.07) is 5.78. The van der Waals surface area contributed by atoms with E-state index in [1.807, 2.05) is 22.8 Å². The summed E-state index contributed by atoms with van der Waals surface area (Å²) >= 11 is 4.82. The molecular weight excluding hydrogens is 260 g/mol. The Hall–Kier alpha value is -1.66. The van der Waals surface area contributed by atoms with E-state index in [1.54, 1.807) is 0 Å². The normalized spacial score (nSPS) is 11.2. The van der Waals surface area contributed by atoms with Gasteiger partial charge in [0.15, 0.2) is 5.11 Å². The van der Waals surface area contributed by atoms with Crippen molar-refractivity contribution in [1.82, 2.24) is 9.55 Å². The molecule has 0 unspecified atom stereocenters. The molecule has 1 heterocycles. The molecule has 0 aliphatic rings. The minimum absolute atomic E-state index is 0.0953. The molecule has 0 atom stereocenters.